The third-order valence-corrected chi connectivity index (χ3v) is 4.62. The van der Waals surface area contributed by atoms with E-state index in [9.17, 15) is 9.90 Å². The summed E-state index contributed by atoms with van der Waals surface area (Å²) in [5.74, 6) is 0.508. The minimum atomic E-state index is -0.436. The normalized spacial score (nSPS) is 20.1. The second-order valence-electron chi connectivity index (χ2n) is 5.77. The van der Waals surface area contributed by atoms with E-state index in [1.54, 1.807) is 11.3 Å². The van der Waals surface area contributed by atoms with Crippen LogP contribution in [0.3, 0.4) is 0 Å². The zero-order valence-corrected chi connectivity index (χ0v) is 12.5. The first-order valence-electron chi connectivity index (χ1n) is 7.10. The summed E-state index contributed by atoms with van der Waals surface area (Å²) in [7, 11) is 0. The van der Waals surface area contributed by atoms with Gasteiger partial charge in [-0.15, -0.1) is 11.3 Å². The van der Waals surface area contributed by atoms with E-state index >= 15 is 0 Å². The molecule has 0 saturated carbocycles. The van der Waals surface area contributed by atoms with E-state index < -0.39 is 6.10 Å². The van der Waals surface area contributed by atoms with Crippen molar-refractivity contribution in [1.82, 2.24) is 5.32 Å². The smallest absolute Gasteiger partial charge is 0.227 e. The molecule has 0 aromatic carbocycles. The van der Waals surface area contributed by atoms with Crippen LogP contribution in [0.1, 0.15) is 49.5 Å². The number of carbonyl (C=O) groups is 1. The molecule has 0 saturated heterocycles. The Morgan fingerprint density at radius 3 is 3.11 bits per heavy atom. The molecule has 1 aliphatic rings. The van der Waals surface area contributed by atoms with Crippen molar-refractivity contribution in [3.63, 3.8) is 0 Å². The fourth-order valence-electron chi connectivity index (χ4n) is 2.73. The summed E-state index contributed by atoms with van der Waals surface area (Å²) in [6, 6.07) is 2.08. The number of thiophene rings is 1. The molecule has 0 radical (unpaired) electrons. The Bertz CT molecular complexity index is 428. The van der Waals surface area contributed by atoms with Crippen LogP contribution in [0.25, 0.3) is 0 Å². The molecule has 2 N–H and O–H groups in total. The van der Waals surface area contributed by atoms with Crippen LogP contribution in [-0.4, -0.2) is 23.7 Å². The lowest BCUT2D eigenvalue weighted by Crippen LogP contribution is -2.36. The van der Waals surface area contributed by atoms with Gasteiger partial charge in [0.05, 0.1) is 12.0 Å². The Balaban J connectivity index is 1.88. The summed E-state index contributed by atoms with van der Waals surface area (Å²) in [6.07, 6.45) is 3.41. The van der Waals surface area contributed by atoms with Crippen LogP contribution >= 0.6 is 11.3 Å². The average Bonchev–Trinajstić information content (AvgIpc) is 2.83. The second kappa shape index (κ2) is 6.53. The highest BCUT2D eigenvalue weighted by molar-refractivity contribution is 7.10. The van der Waals surface area contributed by atoms with E-state index in [0.29, 0.717) is 12.5 Å². The molecule has 3 nitrogen and oxygen atoms in total. The highest BCUT2D eigenvalue weighted by Gasteiger charge is 2.27. The van der Waals surface area contributed by atoms with Crippen LogP contribution in [0.4, 0.5) is 0 Å². The van der Waals surface area contributed by atoms with Gasteiger partial charge in [0, 0.05) is 11.4 Å². The third-order valence-electron chi connectivity index (χ3n) is 3.62. The van der Waals surface area contributed by atoms with Crippen LogP contribution in [0.2, 0.25) is 0 Å². The maximum Gasteiger partial charge on any atom is 0.227 e. The molecular formula is C15H23NO2S. The van der Waals surface area contributed by atoms with Gasteiger partial charge in [-0.05, 0) is 48.6 Å². The largest absolute Gasteiger partial charge is 0.391 e. The number of aliphatic hydroxyl groups is 1. The molecule has 106 valence electrons. The Morgan fingerprint density at radius 1 is 1.58 bits per heavy atom. The Kier molecular flexibility index (Phi) is 4.99. The minimum absolute atomic E-state index is 0.0127. The number of nitrogens with one attached hydrogen (secondary N) is 1. The van der Waals surface area contributed by atoms with Crippen LogP contribution in [-0.2, 0) is 11.2 Å². The molecule has 0 aliphatic heterocycles. The first-order chi connectivity index (χ1) is 9.08. The summed E-state index contributed by atoms with van der Waals surface area (Å²) < 4.78 is 0. The number of fused-ring (bicyclic) bond motifs is 1. The zero-order chi connectivity index (χ0) is 13.8. The SMILES string of the molecule is CC(C)CC(O)CNC(=O)C1CCCc2sccc21. The number of hydrogen-bond donors (Lipinski definition) is 2. The number of rotatable bonds is 5. The fraction of sp³-hybridized carbons (Fsp3) is 0.667. The van der Waals surface area contributed by atoms with E-state index in [1.165, 1.54) is 10.4 Å². The fourth-order valence-corrected chi connectivity index (χ4v) is 3.72. The van der Waals surface area contributed by atoms with Gasteiger partial charge in [0.1, 0.15) is 0 Å². The van der Waals surface area contributed by atoms with Crippen LogP contribution in [0.15, 0.2) is 11.4 Å². The van der Waals surface area contributed by atoms with Crippen molar-refractivity contribution < 1.29 is 9.90 Å². The second-order valence-corrected chi connectivity index (χ2v) is 6.77. The van der Waals surface area contributed by atoms with Crippen molar-refractivity contribution in [2.75, 3.05) is 6.54 Å². The highest BCUT2D eigenvalue weighted by atomic mass is 32.1. The maximum atomic E-state index is 12.2. The van der Waals surface area contributed by atoms with Gasteiger partial charge in [-0.25, -0.2) is 0 Å². The summed E-state index contributed by atoms with van der Waals surface area (Å²) in [5, 5.41) is 14.8. The monoisotopic (exact) mass is 281 g/mol. The molecule has 0 spiro atoms. The number of aliphatic hydroxyl groups excluding tert-OH is 1. The van der Waals surface area contributed by atoms with E-state index in [4.69, 9.17) is 0 Å². The molecular weight excluding hydrogens is 258 g/mol. The maximum absolute atomic E-state index is 12.2. The quantitative estimate of drug-likeness (QED) is 0.872. The van der Waals surface area contributed by atoms with E-state index in [0.717, 1.165) is 25.7 Å². The topological polar surface area (TPSA) is 49.3 Å². The van der Waals surface area contributed by atoms with Gasteiger partial charge in [-0.2, -0.15) is 0 Å². The third kappa shape index (κ3) is 3.80. The predicted octanol–water partition coefficient (Wildman–Crippen LogP) is 2.69. The molecule has 2 unspecified atom stereocenters. The molecule has 1 heterocycles. The Morgan fingerprint density at radius 2 is 2.37 bits per heavy atom. The predicted molar refractivity (Wildman–Crippen MR) is 78.5 cm³/mol. The highest BCUT2D eigenvalue weighted by Crippen LogP contribution is 2.34. The molecule has 0 fully saturated rings. The number of hydrogen-bond acceptors (Lipinski definition) is 3. The number of carbonyl (C=O) groups excluding carboxylic acids is 1. The van der Waals surface area contributed by atoms with Crippen molar-refractivity contribution in [3.05, 3.63) is 21.9 Å². The first kappa shape index (κ1) is 14.5. The molecule has 19 heavy (non-hydrogen) atoms. The van der Waals surface area contributed by atoms with Gasteiger partial charge in [-0.3, -0.25) is 4.79 Å². The summed E-state index contributed by atoms with van der Waals surface area (Å²) >= 11 is 1.75. The van der Waals surface area contributed by atoms with Crippen LogP contribution in [0.5, 0.6) is 0 Å². The molecule has 2 rings (SSSR count). The van der Waals surface area contributed by atoms with Gasteiger partial charge in [-0.1, -0.05) is 13.8 Å². The summed E-state index contributed by atoms with van der Waals surface area (Å²) in [6.45, 7) is 4.51. The summed E-state index contributed by atoms with van der Waals surface area (Å²) in [4.78, 5) is 13.6. The van der Waals surface area contributed by atoms with E-state index in [2.05, 4.69) is 30.6 Å². The molecule has 1 amide bonds. The number of aryl methyl sites for hydroxylation is 1. The van der Waals surface area contributed by atoms with Gasteiger partial charge in [0.2, 0.25) is 5.91 Å². The van der Waals surface area contributed by atoms with Crippen LogP contribution < -0.4 is 5.32 Å². The lowest BCUT2D eigenvalue weighted by molar-refractivity contribution is -0.123. The number of amides is 1. The van der Waals surface area contributed by atoms with Crippen molar-refractivity contribution in [3.8, 4) is 0 Å². The van der Waals surface area contributed by atoms with Gasteiger partial charge in [0.15, 0.2) is 0 Å². The first-order valence-corrected chi connectivity index (χ1v) is 7.98. The van der Waals surface area contributed by atoms with E-state index in [1.807, 2.05) is 0 Å². The standard InChI is InChI=1S/C15H23NO2S/c1-10(2)8-11(17)9-16-15(18)13-4-3-5-14-12(13)6-7-19-14/h6-7,10-11,13,17H,3-5,8-9H2,1-2H3,(H,16,18). The molecule has 2 atom stereocenters. The van der Waals surface area contributed by atoms with Crippen molar-refractivity contribution in [2.24, 2.45) is 5.92 Å². The molecule has 4 heteroatoms. The summed E-state index contributed by atoms with van der Waals surface area (Å²) in [5.41, 5.74) is 1.20. The molecule has 1 aromatic rings. The Hall–Kier alpha value is -0.870. The van der Waals surface area contributed by atoms with Gasteiger partial charge in [0.25, 0.3) is 0 Å². The minimum Gasteiger partial charge on any atom is -0.391 e. The molecule has 0 bridgehead atoms. The zero-order valence-electron chi connectivity index (χ0n) is 11.7. The van der Waals surface area contributed by atoms with Crippen molar-refractivity contribution in [1.29, 1.82) is 0 Å². The van der Waals surface area contributed by atoms with Crippen LogP contribution in [0, 0.1) is 5.92 Å². The molecule has 1 aromatic heterocycles. The van der Waals surface area contributed by atoms with E-state index in [-0.39, 0.29) is 11.8 Å². The lowest BCUT2D eigenvalue weighted by Gasteiger charge is -2.23. The Labute approximate surface area is 119 Å². The lowest BCUT2D eigenvalue weighted by atomic mass is 9.87. The van der Waals surface area contributed by atoms with Crippen molar-refractivity contribution in [2.45, 2.75) is 51.6 Å². The average molecular weight is 281 g/mol. The van der Waals surface area contributed by atoms with Crippen molar-refractivity contribution >= 4 is 17.2 Å². The van der Waals surface area contributed by atoms with Gasteiger partial charge < -0.3 is 10.4 Å². The molecule has 1 aliphatic carbocycles. The van der Waals surface area contributed by atoms with Gasteiger partial charge >= 0.3 is 0 Å².